The Kier molecular flexibility index (Phi) is 3.46. The minimum absolute atomic E-state index is 0.0339. The topological polar surface area (TPSA) is 76.1 Å². The first-order valence-corrected chi connectivity index (χ1v) is 8.43. The number of thiophene rings is 1. The van der Waals surface area contributed by atoms with E-state index in [0.29, 0.717) is 12.6 Å². The molecule has 2 fully saturated rings. The highest BCUT2D eigenvalue weighted by Crippen LogP contribution is 2.35. The molecular weight excluding hydrogens is 300 g/mol. The van der Waals surface area contributed by atoms with E-state index in [9.17, 15) is 4.79 Å². The summed E-state index contributed by atoms with van der Waals surface area (Å²) in [4.78, 5) is 22.8. The summed E-state index contributed by atoms with van der Waals surface area (Å²) in [7, 11) is 0. The summed E-state index contributed by atoms with van der Waals surface area (Å²) in [5.41, 5.74) is 0.958. The Balaban J connectivity index is 1.65. The minimum atomic E-state index is -0.0339. The van der Waals surface area contributed by atoms with Gasteiger partial charge in [0.2, 0.25) is 0 Å². The molecule has 0 bridgehead atoms. The van der Waals surface area contributed by atoms with Crippen LogP contribution in [0, 0.1) is 6.92 Å². The zero-order valence-electron chi connectivity index (χ0n) is 12.4. The third-order valence-electron chi connectivity index (χ3n) is 4.12. The molecule has 2 N–H and O–H groups in total. The quantitative estimate of drug-likeness (QED) is 0.903. The summed E-state index contributed by atoms with van der Waals surface area (Å²) in [6, 6.07) is 0.637. The molecule has 2 aromatic rings. The van der Waals surface area contributed by atoms with Crippen molar-refractivity contribution in [3.63, 3.8) is 0 Å². The van der Waals surface area contributed by atoms with Crippen LogP contribution in [0.15, 0.2) is 6.33 Å². The molecule has 6 nitrogen and oxygen atoms in total. The lowest BCUT2D eigenvalue weighted by Crippen LogP contribution is -2.34. The van der Waals surface area contributed by atoms with E-state index in [4.69, 9.17) is 4.74 Å². The largest absolute Gasteiger partial charge is 0.379 e. The number of nitrogens with one attached hydrogen (secondary N) is 2. The van der Waals surface area contributed by atoms with E-state index in [0.717, 1.165) is 39.5 Å². The van der Waals surface area contributed by atoms with Gasteiger partial charge in [-0.15, -0.1) is 11.3 Å². The Bertz CT molecular complexity index is 720. The highest BCUT2D eigenvalue weighted by atomic mass is 32.1. The van der Waals surface area contributed by atoms with E-state index in [1.165, 1.54) is 24.2 Å². The van der Waals surface area contributed by atoms with Gasteiger partial charge in [0.25, 0.3) is 5.91 Å². The fraction of sp³-hybridized carbons (Fsp3) is 0.533. The lowest BCUT2D eigenvalue weighted by atomic mass is 10.2. The molecule has 1 amide bonds. The standard InChI is InChI=1S/C15H18N4O2S/c1-8-11-13(18-9-2-3-9)16-7-17-15(11)22-12(8)14(20)19-10-4-5-21-6-10/h7,9-10H,2-6H2,1H3,(H,19,20)(H,16,17,18)/t10-/m0/s1. The van der Waals surface area contributed by atoms with Gasteiger partial charge in [-0.2, -0.15) is 0 Å². The first-order valence-electron chi connectivity index (χ1n) is 7.61. The van der Waals surface area contributed by atoms with E-state index in [2.05, 4.69) is 20.6 Å². The van der Waals surface area contributed by atoms with Gasteiger partial charge in [-0.3, -0.25) is 4.79 Å². The Morgan fingerprint density at radius 1 is 1.32 bits per heavy atom. The highest BCUT2D eigenvalue weighted by molar-refractivity contribution is 7.20. The van der Waals surface area contributed by atoms with Crippen LogP contribution in [-0.2, 0) is 4.74 Å². The van der Waals surface area contributed by atoms with Gasteiger partial charge in [-0.1, -0.05) is 0 Å². The number of anilines is 1. The van der Waals surface area contributed by atoms with Gasteiger partial charge < -0.3 is 15.4 Å². The maximum absolute atomic E-state index is 12.5. The molecule has 1 saturated heterocycles. The molecule has 0 radical (unpaired) electrons. The molecule has 2 aliphatic rings. The van der Waals surface area contributed by atoms with Crippen LogP contribution in [0.5, 0.6) is 0 Å². The number of carbonyl (C=O) groups excluding carboxylic acids is 1. The summed E-state index contributed by atoms with van der Waals surface area (Å²) in [6.45, 7) is 3.29. The number of hydrogen-bond donors (Lipinski definition) is 2. The van der Waals surface area contributed by atoms with Crippen LogP contribution in [-0.4, -0.2) is 41.2 Å². The van der Waals surface area contributed by atoms with Crippen molar-refractivity contribution in [3.8, 4) is 0 Å². The van der Waals surface area contributed by atoms with Crippen molar-refractivity contribution < 1.29 is 9.53 Å². The monoisotopic (exact) mass is 318 g/mol. The fourth-order valence-electron chi connectivity index (χ4n) is 2.72. The summed E-state index contributed by atoms with van der Waals surface area (Å²) in [5, 5.41) is 7.46. The molecule has 0 aromatic carbocycles. The first kappa shape index (κ1) is 13.9. The van der Waals surface area contributed by atoms with E-state index < -0.39 is 0 Å². The number of aromatic nitrogens is 2. The number of aryl methyl sites for hydroxylation is 1. The van der Waals surface area contributed by atoms with E-state index in [-0.39, 0.29) is 11.9 Å². The normalized spacial score (nSPS) is 21.2. The minimum Gasteiger partial charge on any atom is -0.379 e. The number of fused-ring (bicyclic) bond motifs is 1. The summed E-state index contributed by atoms with van der Waals surface area (Å²) < 4.78 is 5.31. The van der Waals surface area contributed by atoms with Crippen LogP contribution in [0.1, 0.15) is 34.5 Å². The summed E-state index contributed by atoms with van der Waals surface area (Å²) in [5.74, 6) is 0.817. The molecule has 1 saturated carbocycles. The van der Waals surface area contributed by atoms with E-state index in [1.54, 1.807) is 6.33 Å². The van der Waals surface area contributed by atoms with Gasteiger partial charge in [-0.25, -0.2) is 9.97 Å². The van der Waals surface area contributed by atoms with Gasteiger partial charge in [0.05, 0.1) is 22.9 Å². The lowest BCUT2D eigenvalue weighted by Gasteiger charge is -2.10. The zero-order chi connectivity index (χ0) is 15.1. The molecular formula is C15H18N4O2S. The second kappa shape index (κ2) is 5.48. The zero-order valence-corrected chi connectivity index (χ0v) is 13.2. The van der Waals surface area contributed by atoms with Crippen molar-refractivity contribution in [3.05, 3.63) is 16.8 Å². The van der Waals surface area contributed by atoms with E-state index in [1.807, 2.05) is 6.92 Å². The first-order chi connectivity index (χ1) is 10.7. The average Bonchev–Trinajstić information content (AvgIpc) is 3.04. The van der Waals surface area contributed by atoms with Crippen LogP contribution in [0.25, 0.3) is 10.2 Å². The third kappa shape index (κ3) is 2.55. The Morgan fingerprint density at radius 2 is 2.18 bits per heavy atom. The predicted octanol–water partition coefficient (Wildman–Crippen LogP) is 2.09. The van der Waals surface area contributed by atoms with Gasteiger partial charge in [0, 0.05) is 12.6 Å². The molecule has 3 heterocycles. The van der Waals surface area contributed by atoms with Crippen molar-refractivity contribution in [2.24, 2.45) is 0 Å². The van der Waals surface area contributed by atoms with Crippen molar-refractivity contribution in [2.75, 3.05) is 18.5 Å². The van der Waals surface area contributed by atoms with Crippen molar-refractivity contribution in [2.45, 2.75) is 38.3 Å². The molecule has 22 heavy (non-hydrogen) atoms. The van der Waals surface area contributed by atoms with Crippen LogP contribution in [0.4, 0.5) is 5.82 Å². The Morgan fingerprint density at radius 3 is 2.91 bits per heavy atom. The van der Waals surface area contributed by atoms with Gasteiger partial charge >= 0.3 is 0 Å². The molecule has 1 atom stereocenters. The molecule has 4 rings (SSSR count). The molecule has 7 heteroatoms. The van der Waals surface area contributed by atoms with Crippen molar-refractivity contribution in [1.29, 1.82) is 0 Å². The number of hydrogen-bond acceptors (Lipinski definition) is 6. The van der Waals surface area contributed by atoms with Crippen LogP contribution >= 0.6 is 11.3 Å². The average molecular weight is 318 g/mol. The molecule has 1 aliphatic carbocycles. The lowest BCUT2D eigenvalue weighted by molar-refractivity contribution is 0.0933. The second-order valence-corrected chi connectivity index (χ2v) is 6.91. The van der Waals surface area contributed by atoms with Gasteiger partial charge in [-0.05, 0) is 31.7 Å². The molecule has 0 unspecified atom stereocenters. The van der Waals surface area contributed by atoms with Crippen LogP contribution in [0.3, 0.4) is 0 Å². The van der Waals surface area contributed by atoms with Gasteiger partial charge in [0.1, 0.15) is 17.0 Å². The van der Waals surface area contributed by atoms with Crippen LogP contribution < -0.4 is 10.6 Å². The molecule has 116 valence electrons. The van der Waals surface area contributed by atoms with Gasteiger partial charge in [0.15, 0.2) is 0 Å². The maximum Gasteiger partial charge on any atom is 0.262 e. The molecule has 1 aliphatic heterocycles. The predicted molar refractivity (Wildman–Crippen MR) is 85.5 cm³/mol. The highest BCUT2D eigenvalue weighted by Gasteiger charge is 2.26. The Hall–Kier alpha value is -1.73. The Labute approximate surface area is 132 Å². The number of amides is 1. The van der Waals surface area contributed by atoms with Crippen LogP contribution in [0.2, 0.25) is 0 Å². The van der Waals surface area contributed by atoms with E-state index >= 15 is 0 Å². The van der Waals surface area contributed by atoms with Crippen molar-refractivity contribution >= 4 is 33.3 Å². The molecule has 2 aromatic heterocycles. The number of nitrogens with zero attached hydrogens (tertiary/aromatic N) is 2. The smallest absolute Gasteiger partial charge is 0.262 e. The number of ether oxygens (including phenoxy) is 1. The molecule has 0 spiro atoms. The second-order valence-electron chi connectivity index (χ2n) is 5.91. The van der Waals surface area contributed by atoms with Crippen molar-refractivity contribution in [1.82, 2.24) is 15.3 Å². The summed E-state index contributed by atoms with van der Waals surface area (Å²) >= 11 is 1.43. The maximum atomic E-state index is 12.5. The number of rotatable bonds is 4. The SMILES string of the molecule is Cc1c(C(=O)N[C@H]2CCOC2)sc2ncnc(NC3CC3)c12. The fourth-order valence-corrected chi connectivity index (χ4v) is 3.77. The summed E-state index contributed by atoms with van der Waals surface area (Å²) in [6.07, 6.45) is 4.81. The number of carbonyl (C=O) groups is 1. The third-order valence-corrected chi connectivity index (χ3v) is 5.31.